The fraction of sp³-hybridized carbons (Fsp3) is 0.538. The van der Waals surface area contributed by atoms with Crippen LogP contribution in [0.5, 0.6) is 5.88 Å². The van der Waals surface area contributed by atoms with Gasteiger partial charge in [0.2, 0.25) is 11.8 Å². The fourth-order valence-electron chi connectivity index (χ4n) is 4.87. The highest BCUT2D eigenvalue weighted by molar-refractivity contribution is 6.39. The third-order valence-electron chi connectivity index (χ3n) is 7.46. The molecule has 0 aliphatic heterocycles. The number of halogens is 7. The molecule has 0 unspecified atom stereocenters. The summed E-state index contributed by atoms with van der Waals surface area (Å²) in [5.74, 6) is -0.263. The van der Waals surface area contributed by atoms with Crippen LogP contribution < -0.4 is 10.1 Å². The van der Waals surface area contributed by atoms with Gasteiger partial charge < -0.3 is 10.1 Å². The molecule has 1 aliphatic rings. The van der Waals surface area contributed by atoms with Crippen molar-refractivity contribution in [2.45, 2.75) is 64.5 Å². The first-order valence-corrected chi connectivity index (χ1v) is 13.5. The number of alkyl halides is 5. The topological polar surface area (TPSA) is 81.9 Å². The van der Waals surface area contributed by atoms with Crippen LogP contribution in [0.2, 0.25) is 10.0 Å². The second kappa shape index (κ2) is 12.0. The lowest BCUT2D eigenvalue weighted by Crippen LogP contribution is -2.38. The summed E-state index contributed by atoms with van der Waals surface area (Å²) in [4.78, 5) is 25.8. The number of hydrogen-bond donors (Lipinski definition) is 1. The van der Waals surface area contributed by atoms with Crippen molar-refractivity contribution in [2.24, 2.45) is 18.4 Å². The summed E-state index contributed by atoms with van der Waals surface area (Å²) in [6.45, 7) is 0.305. The zero-order valence-corrected chi connectivity index (χ0v) is 23.3. The van der Waals surface area contributed by atoms with Gasteiger partial charge in [0.1, 0.15) is 5.52 Å². The molecule has 0 aromatic carbocycles. The number of nitrogens with one attached hydrogen (secondary N) is 1. The molecule has 1 aliphatic carbocycles. The highest BCUT2D eigenvalue weighted by atomic mass is 35.5. The maximum atomic E-state index is 13.3. The van der Waals surface area contributed by atoms with Gasteiger partial charge in [0.15, 0.2) is 18.0 Å². The normalized spacial score (nSPS) is 19.8. The maximum absolute atomic E-state index is 13.3. The molecule has 40 heavy (non-hydrogen) atoms. The first-order chi connectivity index (χ1) is 18.8. The molecule has 3 heterocycles. The van der Waals surface area contributed by atoms with Crippen molar-refractivity contribution in [1.29, 1.82) is 0 Å². The molecular formula is C26H28Cl2F5N5O2. The van der Waals surface area contributed by atoms with Crippen molar-refractivity contribution >= 4 is 51.8 Å². The van der Waals surface area contributed by atoms with Gasteiger partial charge in [0.05, 0.1) is 26.7 Å². The summed E-state index contributed by atoms with van der Waals surface area (Å²) in [7, 11) is 1.62. The van der Waals surface area contributed by atoms with Crippen molar-refractivity contribution in [3.05, 3.63) is 34.1 Å². The Balaban J connectivity index is 1.50. The number of carbonyl (C=O) groups excluding carboxylic acids is 1. The molecule has 0 amide bonds. The molecular weight excluding hydrogens is 580 g/mol. The number of nitrogens with zero attached hydrogens (tertiary/aromatic N) is 4. The van der Waals surface area contributed by atoms with Gasteiger partial charge in [0.25, 0.3) is 6.43 Å². The maximum Gasteiger partial charge on any atom is 0.394 e. The van der Waals surface area contributed by atoms with Crippen molar-refractivity contribution in [1.82, 2.24) is 19.5 Å². The predicted molar refractivity (Wildman–Crippen MR) is 142 cm³/mol. The van der Waals surface area contributed by atoms with Crippen molar-refractivity contribution in [3.8, 4) is 5.88 Å². The number of anilines is 2. The number of rotatable bonds is 10. The summed E-state index contributed by atoms with van der Waals surface area (Å²) < 4.78 is 72.5. The van der Waals surface area contributed by atoms with Crippen LogP contribution in [0.4, 0.5) is 33.6 Å². The van der Waals surface area contributed by atoms with E-state index in [1.165, 1.54) is 30.0 Å². The standard InChI is InChI=1S/C26H28Cl2F5N5O2/c1-25(26(31,32)33)8-6-14(7-9-25)4-3-5-19(39)15-10-18-22(37-23(15)40-13-20(29)30)38(2)24(35-18)36-21-16(27)11-34-12-17(21)28/h10-12,14,20H,3-9,13H2,1-2H3,(H,34,35,36). The summed E-state index contributed by atoms with van der Waals surface area (Å²) in [6.07, 6.45) is -2.13. The van der Waals surface area contributed by atoms with Crippen LogP contribution in [0.15, 0.2) is 18.5 Å². The van der Waals surface area contributed by atoms with Crippen LogP contribution in [-0.2, 0) is 7.05 Å². The van der Waals surface area contributed by atoms with Crippen LogP contribution in [0.25, 0.3) is 11.2 Å². The molecule has 1 fully saturated rings. The largest absolute Gasteiger partial charge is 0.471 e. The molecule has 0 bridgehead atoms. The Morgan fingerprint density at radius 2 is 1.85 bits per heavy atom. The number of hydrogen-bond acceptors (Lipinski definition) is 6. The number of fused-ring (bicyclic) bond motifs is 1. The summed E-state index contributed by atoms with van der Waals surface area (Å²) >= 11 is 12.4. The Morgan fingerprint density at radius 1 is 1.20 bits per heavy atom. The van der Waals surface area contributed by atoms with Gasteiger partial charge in [-0.25, -0.2) is 13.8 Å². The van der Waals surface area contributed by atoms with E-state index in [0.29, 0.717) is 36.9 Å². The third-order valence-corrected chi connectivity index (χ3v) is 8.03. The Bertz CT molecular complexity index is 1350. The molecule has 4 rings (SSSR count). The molecule has 0 saturated heterocycles. The number of aromatic nitrogens is 4. The number of aryl methyl sites for hydroxylation is 1. The van der Waals surface area contributed by atoms with E-state index < -0.39 is 24.6 Å². The van der Waals surface area contributed by atoms with Gasteiger partial charge in [-0.3, -0.25) is 14.3 Å². The van der Waals surface area contributed by atoms with E-state index in [9.17, 15) is 26.7 Å². The van der Waals surface area contributed by atoms with Gasteiger partial charge in [-0.05, 0) is 44.1 Å². The molecule has 1 N–H and O–H groups in total. The molecule has 1 saturated carbocycles. The Morgan fingerprint density at radius 3 is 2.45 bits per heavy atom. The van der Waals surface area contributed by atoms with E-state index in [2.05, 4.69) is 20.3 Å². The van der Waals surface area contributed by atoms with Crippen LogP contribution in [-0.4, -0.2) is 44.5 Å². The lowest BCUT2D eigenvalue weighted by atomic mass is 9.70. The molecule has 7 nitrogen and oxygen atoms in total. The molecule has 0 radical (unpaired) electrons. The monoisotopic (exact) mass is 607 g/mol. The molecule has 0 spiro atoms. The molecule has 3 aromatic rings. The first kappa shape index (κ1) is 30.2. The van der Waals surface area contributed by atoms with Crippen molar-refractivity contribution in [3.63, 3.8) is 0 Å². The van der Waals surface area contributed by atoms with E-state index >= 15 is 0 Å². The zero-order chi connectivity index (χ0) is 29.2. The minimum atomic E-state index is -4.23. The number of ether oxygens (including phenoxy) is 1. The average molecular weight is 608 g/mol. The van der Waals surface area contributed by atoms with E-state index in [-0.39, 0.29) is 64.0 Å². The van der Waals surface area contributed by atoms with Crippen LogP contribution >= 0.6 is 23.2 Å². The van der Waals surface area contributed by atoms with Gasteiger partial charge in [-0.2, -0.15) is 18.2 Å². The SMILES string of the molecule is Cn1c(Nc2c(Cl)cncc2Cl)nc2cc(C(=O)CCCC3CCC(C)(C(F)(F)F)CC3)c(OCC(F)F)nc21. The average Bonchev–Trinajstić information content (AvgIpc) is 3.19. The van der Waals surface area contributed by atoms with Gasteiger partial charge >= 0.3 is 6.18 Å². The number of Topliss-reactive ketones (excluding diaryl/α,β-unsaturated/α-hetero) is 1. The van der Waals surface area contributed by atoms with Gasteiger partial charge in [-0.1, -0.05) is 36.5 Å². The zero-order valence-electron chi connectivity index (χ0n) is 21.8. The highest BCUT2D eigenvalue weighted by Crippen LogP contribution is 2.50. The number of carbonyl (C=O) groups is 1. The van der Waals surface area contributed by atoms with E-state index in [4.69, 9.17) is 27.9 Å². The van der Waals surface area contributed by atoms with Crippen molar-refractivity contribution in [2.75, 3.05) is 11.9 Å². The summed E-state index contributed by atoms with van der Waals surface area (Å²) in [5.41, 5.74) is -0.745. The summed E-state index contributed by atoms with van der Waals surface area (Å²) in [6, 6.07) is 1.43. The lowest BCUT2D eigenvalue weighted by Gasteiger charge is -2.38. The Kier molecular flexibility index (Phi) is 9.08. The van der Waals surface area contributed by atoms with E-state index in [1.807, 2.05) is 0 Å². The van der Waals surface area contributed by atoms with Gasteiger partial charge in [0, 0.05) is 25.9 Å². The minimum Gasteiger partial charge on any atom is -0.471 e. The molecule has 3 aromatic heterocycles. The predicted octanol–water partition coefficient (Wildman–Crippen LogP) is 8.17. The minimum absolute atomic E-state index is 0.00562. The Labute approximate surface area is 237 Å². The lowest BCUT2D eigenvalue weighted by molar-refractivity contribution is -0.230. The Hall–Kier alpha value is -2.73. The number of pyridine rings is 2. The highest BCUT2D eigenvalue weighted by Gasteiger charge is 2.51. The molecule has 218 valence electrons. The van der Waals surface area contributed by atoms with Crippen LogP contribution in [0.1, 0.15) is 62.2 Å². The summed E-state index contributed by atoms with van der Waals surface area (Å²) in [5, 5.41) is 3.48. The molecule has 0 atom stereocenters. The second-order valence-corrected chi connectivity index (χ2v) is 11.1. The third kappa shape index (κ3) is 6.59. The van der Waals surface area contributed by atoms with E-state index in [0.717, 1.165) is 0 Å². The van der Waals surface area contributed by atoms with Crippen LogP contribution in [0.3, 0.4) is 0 Å². The molecule has 14 heteroatoms. The second-order valence-electron chi connectivity index (χ2n) is 10.3. The smallest absolute Gasteiger partial charge is 0.394 e. The van der Waals surface area contributed by atoms with E-state index in [1.54, 1.807) is 7.05 Å². The quantitative estimate of drug-likeness (QED) is 0.185. The number of imidazole rings is 1. The van der Waals surface area contributed by atoms with Crippen molar-refractivity contribution < 1.29 is 31.5 Å². The fourth-order valence-corrected chi connectivity index (χ4v) is 5.33. The first-order valence-electron chi connectivity index (χ1n) is 12.7. The van der Waals surface area contributed by atoms with Crippen LogP contribution in [0, 0.1) is 11.3 Å². The van der Waals surface area contributed by atoms with Gasteiger partial charge in [-0.15, -0.1) is 0 Å². The number of ketones is 1.